The standard InChI is InChI=1S/C38H44F3N5O3/c1-2-28-31(40)8-7-25-17-27(47)18-29(32(25)28)34-33(41)35-30(20-42-34)36(45-11-5-15-48-14-3-6-23-16-24(23)9-13-45)44-37(43-35)49-22-38-10-4-12-46(38)21-26(39)19-38/h7-8,17-18,20,23-24,26,47H,2-6,9-16,19,21-22H2,1H3/t23?,24?,26-,38+/m1/s1. The Kier molecular flexibility index (Phi) is 8.76. The van der Waals surface area contributed by atoms with Crippen LogP contribution in [0.4, 0.5) is 19.0 Å². The average Bonchev–Trinajstić information content (AvgIpc) is 3.60. The fourth-order valence-electron chi connectivity index (χ4n) is 8.76. The normalized spacial score (nSPS) is 26.4. The molecule has 49 heavy (non-hydrogen) atoms. The van der Waals surface area contributed by atoms with Crippen molar-refractivity contribution in [2.45, 2.75) is 76.4 Å². The number of phenolic OH excluding ortho intramolecular Hbond substituents is 1. The zero-order valence-corrected chi connectivity index (χ0v) is 28.1. The number of alkyl halides is 1. The maximum atomic E-state index is 17.0. The van der Waals surface area contributed by atoms with Crippen LogP contribution >= 0.6 is 0 Å². The average molecular weight is 676 g/mol. The first-order valence-corrected chi connectivity index (χ1v) is 18.0. The second kappa shape index (κ2) is 13.2. The molecule has 0 bridgehead atoms. The van der Waals surface area contributed by atoms with Gasteiger partial charge in [0.2, 0.25) is 0 Å². The third kappa shape index (κ3) is 6.17. The summed E-state index contributed by atoms with van der Waals surface area (Å²) in [5.74, 6) is 0.749. The van der Waals surface area contributed by atoms with E-state index in [-0.39, 0.29) is 35.1 Å². The largest absolute Gasteiger partial charge is 0.508 e. The molecule has 260 valence electrons. The van der Waals surface area contributed by atoms with E-state index in [4.69, 9.17) is 14.5 Å². The van der Waals surface area contributed by atoms with Crippen LogP contribution in [0.1, 0.15) is 63.9 Å². The van der Waals surface area contributed by atoms with Crippen molar-refractivity contribution in [3.8, 4) is 23.0 Å². The maximum absolute atomic E-state index is 17.0. The number of aromatic nitrogens is 3. The van der Waals surface area contributed by atoms with Crippen LogP contribution in [0.25, 0.3) is 32.9 Å². The van der Waals surface area contributed by atoms with Crippen LogP contribution in [0, 0.1) is 23.5 Å². The Balaban J connectivity index is 1.24. The summed E-state index contributed by atoms with van der Waals surface area (Å²) in [6.07, 6.45) is 8.53. The molecule has 0 spiro atoms. The zero-order chi connectivity index (χ0) is 33.7. The number of aromatic hydroxyl groups is 1. The lowest BCUT2D eigenvalue weighted by atomic mass is 9.94. The number of anilines is 1. The molecule has 4 aliphatic rings. The molecule has 8 nitrogen and oxygen atoms in total. The van der Waals surface area contributed by atoms with E-state index < -0.39 is 23.3 Å². The second-order valence-electron chi connectivity index (χ2n) is 14.5. The SMILES string of the molecule is CCc1c(F)ccc2cc(O)cc(-c3ncc4c(N5CCCOCCCC6CC6CC5)nc(OC[C@@]56CCCN5C[C@H](F)C6)nc4c3F)c12. The number of rotatable bonds is 6. The molecule has 0 amide bonds. The first kappa shape index (κ1) is 32.5. The van der Waals surface area contributed by atoms with E-state index in [1.54, 1.807) is 18.3 Å². The summed E-state index contributed by atoms with van der Waals surface area (Å²) in [5, 5.41) is 12.2. The molecule has 3 aliphatic heterocycles. The molecule has 3 saturated heterocycles. The van der Waals surface area contributed by atoms with E-state index in [0.29, 0.717) is 66.0 Å². The lowest BCUT2D eigenvalue weighted by molar-refractivity contribution is 0.107. The van der Waals surface area contributed by atoms with E-state index >= 15 is 8.78 Å². The molecule has 4 fully saturated rings. The topological polar surface area (TPSA) is 83.8 Å². The number of benzene rings is 2. The molecule has 1 N–H and O–H groups in total. The first-order valence-electron chi connectivity index (χ1n) is 18.0. The number of aryl methyl sites for hydroxylation is 1. The van der Waals surface area contributed by atoms with Gasteiger partial charge in [0.05, 0.1) is 10.9 Å². The molecule has 1 aliphatic carbocycles. The van der Waals surface area contributed by atoms with E-state index in [9.17, 15) is 9.50 Å². The Morgan fingerprint density at radius 3 is 2.78 bits per heavy atom. The van der Waals surface area contributed by atoms with Gasteiger partial charge in [-0.3, -0.25) is 9.88 Å². The molecule has 8 rings (SSSR count). The third-order valence-electron chi connectivity index (χ3n) is 11.4. The highest BCUT2D eigenvalue weighted by Gasteiger charge is 2.49. The van der Waals surface area contributed by atoms with Crippen LogP contribution in [0.15, 0.2) is 30.5 Å². The number of fused-ring (bicyclic) bond motifs is 4. The molecule has 0 radical (unpaired) electrons. The van der Waals surface area contributed by atoms with Gasteiger partial charge in [0, 0.05) is 51.0 Å². The van der Waals surface area contributed by atoms with Gasteiger partial charge < -0.3 is 19.5 Å². The van der Waals surface area contributed by atoms with Crippen molar-refractivity contribution in [3.63, 3.8) is 0 Å². The Hall–Kier alpha value is -3.70. The van der Waals surface area contributed by atoms with Gasteiger partial charge in [-0.25, -0.2) is 13.2 Å². The quantitative estimate of drug-likeness (QED) is 0.227. The van der Waals surface area contributed by atoms with Gasteiger partial charge >= 0.3 is 6.01 Å². The molecular formula is C38H44F3N5O3. The summed E-state index contributed by atoms with van der Waals surface area (Å²) in [7, 11) is 0. The number of hydrogen-bond acceptors (Lipinski definition) is 8. The Labute approximate surface area is 284 Å². The highest BCUT2D eigenvalue weighted by Crippen LogP contribution is 2.45. The van der Waals surface area contributed by atoms with Crippen LogP contribution in [0.2, 0.25) is 0 Å². The van der Waals surface area contributed by atoms with Gasteiger partial charge in [-0.05, 0) is 104 Å². The Bertz CT molecular complexity index is 1880. The van der Waals surface area contributed by atoms with Gasteiger partial charge in [0.15, 0.2) is 5.82 Å². The van der Waals surface area contributed by atoms with Crippen LogP contribution in [-0.4, -0.2) is 82.7 Å². The van der Waals surface area contributed by atoms with E-state index in [0.717, 1.165) is 57.7 Å². The third-order valence-corrected chi connectivity index (χ3v) is 11.4. The molecule has 5 heterocycles. The maximum Gasteiger partial charge on any atom is 0.319 e. The van der Waals surface area contributed by atoms with Crippen molar-refractivity contribution < 1.29 is 27.8 Å². The number of pyridine rings is 1. The molecule has 4 aromatic rings. The number of nitrogens with zero attached hydrogens (tertiary/aromatic N) is 5. The molecule has 2 aromatic heterocycles. The monoisotopic (exact) mass is 675 g/mol. The van der Waals surface area contributed by atoms with Gasteiger partial charge in [0.25, 0.3) is 0 Å². The van der Waals surface area contributed by atoms with Gasteiger partial charge in [-0.1, -0.05) is 13.0 Å². The summed E-state index contributed by atoms with van der Waals surface area (Å²) in [4.78, 5) is 18.5. The highest BCUT2D eigenvalue weighted by molar-refractivity contribution is 6.01. The van der Waals surface area contributed by atoms with Crippen molar-refractivity contribution in [1.82, 2.24) is 19.9 Å². The minimum absolute atomic E-state index is 0.0369. The summed E-state index contributed by atoms with van der Waals surface area (Å²) in [5.41, 5.74) is 0.288. The Morgan fingerprint density at radius 1 is 1.04 bits per heavy atom. The Morgan fingerprint density at radius 2 is 1.90 bits per heavy atom. The minimum Gasteiger partial charge on any atom is -0.508 e. The molecule has 2 aromatic carbocycles. The minimum atomic E-state index is -0.908. The smallest absolute Gasteiger partial charge is 0.319 e. The summed E-state index contributed by atoms with van der Waals surface area (Å²) >= 11 is 0. The summed E-state index contributed by atoms with van der Waals surface area (Å²) in [6.45, 7) is 6.07. The van der Waals surface area contributed by atoms with E-state index in [2.05, 4.69) is 19.8 Å². The van der Waals surface area contributed by atoms with Gasteiger partial charge in [-0.15, -0.1) is 0 Å². The highest BCUT2D eigenvalue weighted by atomic mass is 19.1. The van der Waals surface area contributed by atoms with Crippen molar-refractivity contribution in [2.24, 2.45) is 11.8 Å². The predicted molar refractivity (Wildman–Crippen MR) is 183 cm³/mol. The number of hydrogen-bond donors (Lipinski definition) is 1. The number of halogens is 3. The molecule has 2 unspecified atom stereocenters. The van der Waals surface area contributed by atoms with Crippen molar-refractivity contribution in [1.29, 1.82) is 0 Å². The molecular weight excluding hydrogens is 631 g/mol. The van der Waals surface area contributed by atoms with E-state index in [1.807, 2.05) is 6.92 Å². The lowest BCUT2D eigenvalue weighted by Crippen LogP contribution is -2.43. The fraction of sp³-hybridized carbons (Fsp3) is 0.553. The number of phenols is 1. The number of ether oxygens (including phenoxy) is 2. The van der Waals surface area contributed by atoms with Crippen molar-refractivity contribution in [2.75, 3.05) is 50.9 Å². The second-order valence-corrected chi connectivity index (χ2v) is 14.5. The van der Waals surface area contributed by atoms with Crippen molar-refractivity contribution >= 4 is 27.5 Å². The van der Waals surface area contributed by atoms with Gasteiger partial charge in [-0.2, -0.15) is 9.97 Å². The van der Waals surface area contributed by atoms with Crippen LogP contribution in [0.5, 0.6) is 11.8 Å². The summed E-state index contributed by atoms with van der Waals surface area (Å²) in [6, 6.07) is 5.96. The first-order chi connectivity index (χ1) is 23.8. The zero-order valence-electron chi connectivity index (χ0n) is 28.1. The summed E-state index contributed by atoms with van der Waals surface area (Å²) < 4.78 is 58.9. The fourth-order valence-corrected chi connectivity index (χ4v) is 8.76. The molecule has 11 heteroatoms. The van der Waals surface area contributed by atoms with Gasteiger partial charge in [0.1, 0.15) is 41.4 Å². The lowest BCUT2D eigenvalue weighted by Gasteiger charge is -2.31. The van der Waals surface area contributed by atoms with Crippen molar-refractivity contribution in [3.05, 3.63) is 47.7 Å². The van der Waals surface area contributed by atoms with Crippen LogP contribution < -0.4 is 9.64 Å². The predicted octanol–water partition coefficient (Wildman–Crippen LogP) is 7.38. The van der Waals surface area contributed by atoms with E-state index in [1.165, 1.54) is 25.0 Å². The molecule has 4 atom stereocenters. The van der Waals surface area contributed by atoms with Crippen LogP contribution in [-0.2, 0) is 11.2 Å². The molecule has 1 saturated carbocycles. The van der Waals surface area contributed by atoms with Crippen LogP contribution in [0.3, 0.4) is 0 Å².